The minimum absolute atomic E-state index is 0.258. The van der Waals surface area contributed by atoms with Crippen molar-refractivity contribution < 1.29 is 14.3 Å². The van der Waals surface area contributed by atoms with E-state index in [9.17, 15) is 9.59 Å². The van der Waals surface area contributed by atoms with Gasteiger partial charge in [-0.05, 0) is 24.6 Å². The molecule has 0 saturated carbocycles. The van der Waals surface area contributed by atoms with Crippen LogP contribution in [0.2, 0.25) is 10.0 Å². The second kappa shape index (κ2) is 7.50. The molecule has 0 spiro atoms. The number of nitrogens with one attached hydrogen (secondary N) is 1. The first-order valence-electron chi connectivity index (χ1n) is 6.22. The molecule has 6 heteroatoms. The molecule has 1 amide bonds. The van der Waals surface area contributed by atoms with E-state index in [-0.39, 0.29) is 24.5 Å². The summed E-state index contributed by atoms with van der Waals surface area (Å²) < 4.78 is 4.85. The van der Waals surface area contributed by atoms with Crippen molar-refractivity contribution in [2.75, 3.05) is 6.61 Å². The van der Waals surface area contributed by atoms with Gasteiger partial charge in [-0.1, -0.05) is 43.1 Å². The largest absolute Gasteiger partial charge is 0.455 e. The van der Waals surface area contributed by atoms with E-state index in [1.54, 1.807) is 39.0 Å². The zero-order chi connectivity index (χ0) is 15.3. The number of esters is 1. The van der Waals surface area contributed by atoms with Gasteiger partial charge in [0, 0.05) is 10.0 Å². The maximum Gasteiger partial charge on any atom is 0.308 e. The highest BCUT2D eigenvalue weighted by Crippen LogP contribution is 2.25. The Hall–Kier alpha value is -1.26. The molecule has 0 aliphatic heterocycles. The van der Waals surface area contributed by atoms with E-state index < -0.39 is 5.97 Å². The summed E-state index contributed by atoms with van der Waals surface area (Å²) in [4.78, 5) is 22.9. The summed E-state index contributed by atoms with van der Waals surface area (Å²) in [5.74, 6) is -1.04. The summed E-state index contributed by atoms with van der Waals surface area (Å²) >= 11 is 11.9. The molecule has 0 bridgehead atoms. The molecular weight excluding hydrogens is 301 g/mol. The van der Waals surface area contributed by atoms with Crippen LogP contribution in [0.1, 0.15) is 32.4 Å². The average Bonchev–Trinajstić information content (AvgIpc) is 2.35. The number of halogens is 2. The van der Waals surface area contributed by atoms with Crippen molar-refractivity contribution in [2.24, 2.45) is 5.92 Å². The average molecular weight is 318 g/mol. The molecule has 0 unspecified atom stereocenters. The monoisotopic (exact) mass is 317 g/mol. The Balaban J connectivity index is 2.55. The maximum absolute atomic E-state index is 11.7. The van der Waals surface area contributed by atoms with Crippen LogP contribution in [-0.4, -0.2) is 18.5 Å². The molecule has 0 fully saturated rings. The van der Waals surface area contributed by atoms with Crippen molar-refractivity contribution in [2.45, 2.75) is 26.8 Å². The van der Waals surface area contributed by atoms with Crippen LogP contribution in [0.5, 0.6) is 0 Å². The van der Waals surface area contributed by atoms with E-state index in [1.807, 2.05) is 0 Å². The van der Waals surface area contributed by atoms with Crippen molar-refractivity contribution in [3.05, 3.63) is 33.8 Å². The minimum Gasteiger partial charge on any atom is -0.455 e. The highest BCUT2D eigenvalue weighted by Gasteiger charge is 2.15. The van der Waals surface area contributed by atoms with E-state index in [0.29, 0.717) is 10.0 Å². The number of carbonyl (C=O) groups is 2. The van der Waals surface area contributed by atoms with Gasteiger partial charge in [-0.2, -0.15) is 0 Å². The van der Waals surface area contributed by atoms with E-state index in [0.717, 1.165) is 5.56 Å². The Morgan fingerprint density at radius 1 is 1.25 bits per heavy atom. The van der Waals surface area contributed by atoms with Gasteiger partial charge in [-0.15, -0.1) is 0 Å². The standard InChI is InChI=1S/C14H17Cl2NO3/c1-8(2)14(19)20-7-13(18)17-9(3)11-5-4-10(15)6-12(11)16/h4-6,8-9H,7H2,1-3H3,(H,17,18)/t9-/m1/s1. The number of amides is 1. The molecule has 4 nitrogen and oxygen atoms in total. The number of ether oxygens (including phenoxy) is 1. The van der Waals surface area contributed by atoms with Crippen molar-refractivity contribution in [1.29, 1.82) is 0 Å². The summed E-state index contributed by atoms with van der Waals surface area (Å²) in [5.41, 5.74) is 0.750. The van der Waals surface area contributed by atoms with Gasteiger partial charge < -0.3 is 10.1 Å². The lowest BCUT2D eigenvalue weighted by molar-refractivity contribution is -0.151. The fraction of sp³-hybridized carbons (Fsp3) is 0.429. The summed E-state index contributed by atoms with van der Waals surface area (Å²) in [6.07, 6.45) is 0. The highest BCUT2D eigenvalue weighted by molar-refractivity contribution is 6.35. The van der Waals surface area contributed by atoms with Gasteiger partial charge in [0.25, 0.3) is 5.91 Å². The Labute approximate surface area is 128 Å². The topological polar surface area (TPSA) is 55.4 Å². The molecule has 110 valence electrons. The minimum atomic E-state index is -0.405. The SMILES string of the molecule is CC(C)C(=O)OCC(=O)N[C@H](C)c1ccc(Cl)cc1Cl. The van der Waals surface area contributed by atoms with Crippen LogP contribution < -0.4 is 5.32 Å². The first kappa shape index (κ1) is 16.8. The molecule has 0 heterocycles. The lowest BCUT2D eigenvalue weighted by atomic mass is 10.1. The van der Waals surface area contributed by atoms with Gasteiger partial charge in [0.2, 0.25) is 0 Å². The van der Waals surface area contributed by atoms with Crippen molar-refractivity contribution in [1.82, 2.24) is 5.32 Å². The van der Waals surface area contributed by atoms with Crippen molar-refractivity contribution in [3.8, 4) is 0 Å². The molecule has 0 aromatic heterocycles. The molecule has 0 aliphatic rings. The molecular formula is C14H17Cl2NO3. The smallest absolute Gasteiger partial charge is 0.308 e. The van der Waals surface area contributed by atoms with Crippen LogP contribution in [0, 0.1) is 5.92 Å². The predicted molar refractivity (Wildman–Crippen MR) is 78.8 cm³/mol. The Kier molecular flexibility index (Phi) is 6.30. The molecule has 1 rings (SSSR count). The normalized spacial score (nSPS) is 12.1. The number of hydrogen-bond acceptors (Lipinski definition) is 3. The molecule has 20 heavy (non-hydrogen) atoms. The Bertz CT molecular complexity index is 503. The molecule has 1 atom stereocenters. The van der Waals surface area contributed by atoms with Crippen LogP contribution in [0.15, 0.2) is 18.2 Å². The zero-order valence-corrected chi connectivity index (χ0v) is 13.1. The second-order valence-electron chi connectivity index (χ2n) is 4.72. The summed E-state index contributed by atoms with van der Waals surface area (Å²) in [5, 5.41) is 3.71. The third-order valence-electron chi connectivity index (χ3n) is 2.62. The van der Waals surface area contributed by atoms with E-state index in [2.05, 4.69) is 5.32 Å². The van der Waals surface area contributed by atoms with Crippen molar-refractivity contribution in [3.63, 3.8) is 0 Å². The first-order valence-corrected chi connectivity index (χ1v) is 6.97. The molecule has 1 N–H and O–H groups in total. The van der Waals surface area contributed by atoms with Crippen LogP contribution in [0.4, 0.5) is 0 Å². The van der Waals surface area contributed by atoms with Crippen molar-refractivity contribution >= 4 is 35.1 Å². The number of benzene rings is 1. The van der Waals surface area contributed by atoms with E-state index in [4.69, 9.17) is 27.9 Å². The van der Waals surface area contributed by atoms with Crippen LogP contribution in [0.3, 0.4) is 0 Å². The summed E-state index contributed by atoms with van der Waals surface area (Å²) in [6.45, 7) is 4.90. The predicted octanol–water partition coefficient (Wildman–Crippen LogP) is 3.37. The maximum atomic E-state index is 11.7. The molecule has 1 aromatic carbocycles. The van der Waals surface area contributed by atoms with Gasteiger partial charge in [-0.25, -0.2) is 0 Å². The molecule has 1 aromatic rings. The zero-order valence-electron chi connectivity index (χ0n) is 11.6. The highest BCUT2D eigenvalue weighted by atomic mass is 35.5. The lowest BCUT2D eigenvalue weighted by Gasteiger charge is -2.16. The summed E-state index contributed by atoms with van der Waals surface area (Å²) in [7, 11) is 0. The van der Waals surface area contributed by atoms with Crippen LogP contribution in [-0.2, 0) is 14.3 Å². The number of rotatable bonds is 5. The van der Waals surface area contributed by atoms with Gasteiger partial charge >= 0.3 is 5.97 Å². The van der Waals surface area contributed by atoms with Gasteiger partial charge in [0.05, 0.1) is 12.0 Å². The lowest BCUT2D eigenvalue weighted by Crippen LogP contribution is -2.31. The van der Waals surface area contributed by atoms with E-state index in [1.165, 1.54) is 0 Å². The molecule has 0 saturated heterocycles. The molecule has 0 aliphatic carbocycles. The first-order chi connectivity index (χ1) is 9.31. The molecule has 0 radical (unpaired) electrons. The fourth-order valence-corrected chi connectivity index (χ4v) is 2.09. The summed E-state index contributed by atoms with van der Waals surface area (Å²) in [6, 6.07) is 4.75. The van der Waals surface area contributed by atoms with Gasteiger partial charge in [0.15, 0.2) is 6.61 Å². The number of carbonyl (C=O) groups excluding carboxylic acids is 2. The third-order valence-corrected chi connectivity index (χ3v) is 3.19. The van der Waals surface area contributed by atoms with Gasteiger partial charge in [-0.3, -0.25) is 9.59 Å². The third kappa shape index (κ3) is 5.02. The van der Waals surface area contributed by atoms with Crippen LogP contribution >= 0.6 is 23.2 Å². The van der Waals surface area contributed by atoms with Crippen LogP contribution in [0.25, 0.3) is 0 Å². The number of hydrogen-bond donors (Lipinski definition) is 1. The quantitative estimate of drug-likeness (QED) is 0.847. The van der Waals surface area contributed by atoms with Gasteiger partial charge in [0.1, 0.15) is 0 Å². The fourth-order valence-electron chi connectivity index (χ4n) is 1.52. The Morgan fingerprint density at radius 3 is 2.45 bits per heavy atom. The Morgan fingerprint density at radius 2 is 1.90 bits per heavy atom. The van der Waals surface area contributed by atoms with E-state index >= 15 is 0 Å². The second-order valence-corrected chi connectivity index (χ2v) is 5.56.